The minimum absolute atomic E-state index is 0.150. The quantitative estimate of drug-likeness (QED) is 0.520. The van der Waals surface area contributed by atoms with Crippen LogP contribution in [-0.2, 0) is 9.59 Å². The van der Waals surface area contributed by atoms with E-state index in [0.29, 0.717) is 12.0 Å². The number of anilines is 1. The Morgan fingerprint density at radius 2 is 1.94 bits per heavy atom. The number of hydrogen-bond donors (Lipinski definition) is 3. The topological polar surface area (TPSA) is 97.1 Å². The number of carbonyl (C=O) groups excluding carboxylic acids is 2. The lowest BCUT2D eigenvalue weighted by Crippen LogP contribution is -2.44. The Hall–Kier alpha value is -2.30. The summed E-state index contributed by atoms with van der Waals surface area (Å²) < 4.78 is 63.5. The molecule has 174 valence electrons. The van der Waals surface area contributed by atoms with Gasteiger partial charge in [-0.3, -0.25) is 9.59 Å². The zero-order chi connectivity index (χ0) is 23.2. The first-order valence-corrected chi connectivity index (χ1v) is 10.2. The molecule has 1 fully saturated rings. The maximum atomic E-state index is 13.3. The molecule has 1 aromatic heterocycles. The molecule has 1 heterocycles. The maximum absolute atomic E-state index is 13.3. The molecule has 1 saturated carbocycles. The van der Waals surface area contributed by atoms with E-state index in [-0.39, 0.29) is 37.4 Å². The number of halogens is 5. The van der Waals surface area contributed by atoms with Crippen LogP contribution in [0, 0.1) is 5.92 Å². The summed E-state index contributed by atoms with van der Waals surface area (Å²) in [5.74, 6) is -4.21. The number of rotatable bonds is 8. The van der Waals surface area contributed by atoms with Gasteiger partial charge in [0, 0.05) is 25.5 Å². The Morgan fingerprint density at radius 3 is 2.52 bits per heavy atom. The van der Waals surface area contributed by atoms with E-state index in [1.165, 1.54) is 12.3 Å². The summed E-state index contributed by atoms with van der Waals surface area (Å²) in [6.45, 7) is 1.75. The van der Waals surface area contributed by atoms with Crippen LogP contribution in [-0.4, -0.2) is 34.9 Å². The van der Waals surface area contributed by atoms with E-state index < -0.39 is 48.8 Å². The minimum atomic E-state index is -4.42. The van der Waals surface area contributed by atoms with Crippen LogP contribution in [0.15, 0.2) is 18.3 Å². The van der Waals surface area contributed by atoms with Gasteiger partial charge in [-0.15, -0.1) is 0 Å². The summed E-state index contributed by atoms with van der Waals surface area (Å²) in [6.07, 6.45) is -4.82. The highest BCUT2D eigenvalue weighted by molar-refractivity contribution is 5.94. The van der Waals surface area contributed by atoms with Crippen LogP contribution >= 0.6 is 0 Å². The van der Waals surface area contributed by atoms with Gasteiger partial charge in [0.1, 0.15) is 5.82 Å². The van der Waals surface area contributed by atoms with Crippen molar-refractivity contribution in [3.63, 3.8) is 0 Å². The van der Waals surface area contributed by atoms with Crippen molar-refractivity contribution in [2.45, 2.75) is 76.1 Å². The Bertz CT molecular complexity index is 762. The van der Waals surface area contributed by atoms with E-state index in [9.17, 15) is 31.5 Å². The second-order valence-corrected chi connectivity index (χ2v) is 7.83. The van der Waals surface area contributed by atoms with Crippen LogP contribution in [0.1, 0.15) is 63.5 Å². The monoisotopic (exact) mass is 450 g/mol. The van der Waals surface area contributed by atoms with Crippen LogP contribution in [0.25, 0.3) is 0 Å². The number of nitrogens with zero attached hydrogens (tertiary/aromatic N) is 1. The van der Waals surface area contributed by atoms with Gasteiger partial charge in [0.2, 0.25) is 17.7 Å². The second-order valence-electron chi connectivity index (χ2n) is 7.83. The molecule has 0 bridgehead atoms. The molecule has 1 aliphatic rings. The number of amides is 2. The van der Waals surface area contributed by atoms with Crippen molar-refractivity contribution in [1.82, 2.24) is 10.3 Å². The van der Waals surface area contributed by atoms with E-state index in [1.807, 2.05) is 0 Å². The third kappa shape index (κ3) is 8.04. The first kappa shape index (κ1) is 25.0. The van der Waals surface area contributed by atoms with Crippen molar-refractivity contribution < 1.29 is 31.5 Å². The lowest BCUT2D eigenvalue weighted by molar-refractivity contribution is -0.144. The average molecular weight is 450 g/mol. The number of alkyl halides is 5. The second kappa shape index (κ2) is 10.3. The molecule has 0 aromatic carbocycles. The lowest BCUT2D eigenvalue weighted by atomic mass is 9.82. The van der Waals surface area contributed by atoms with Crippen molar-refractivity contribution >= 4 is 17.6 Å². The zero-order valence-electron chi connectivity index (χ0n) is 17.1. The Morgan fingerprint density at radius 1 is 1.29 bits per heavy atom. The van der Waals surface area contributed by atoms with Crippen LogP contribution in [0.3, 0.4) is 0 Å². The van der Waals surface area contributed by atoms with Crippen LogP contribution < -0.4 is 16.4 Å². The van der Waals surface area contributed by atoms with Gasteiger partial charge in [0.25, 0.3) is 0 Å². The van der Waals surface area contributed by atoms with Crippen LogP contribution in [0.2, 0.25) is 0 Å². The molecule has 6 nitrogen and oxygen atoms in total. The predicted octanol–water partition coefficient (Wildman–Crippen LogP) is 4.08. The number of hydrogen-bond acceptors (Lipinski definition) is 4. The highest BCUT2D eigenvalue weighted by Gasteiger charge is 2.38. The van der Waals surface area contributed by atoms with Gasteiger partial charge in [-0.05, 0) is 42.9 Å². The Balaban J connectivity index is 1.96. The molecule has 2 amide bonds. The van der Waals surface area contributed by atoms with Crippen molar-refractivity contribution in [1.29, 1.82) is 0 Å². The fourth-order valence-electron chi connectivity index (χ4n) is 3.52. The normalized spacial score (nSPS) is 18.8. The SMILES string of the molecule is CCC(NC(=O)CCC(F)(F)F)c1ccnc(NC(=O)[C@@H](N)C2CCC(F)(F)CC2)c1. The predicted molar refractivity (Wildman–Crippen MR) is 104 cm³/mol. The molecule has 0 spiro atoms. The van der Waals surface area contributed by atoms with E-state index in [2.05, 4.69) is 15.6 Å². The molecule has 0 saturated heterocycles. The summed E-state index contributed by atoms with van der Waals surface area (Å²) in [6, 6.07) is 1.55. The fraction of sp³-hybridized carbons (Fsp3) is 0.650. The molecule has 2 atom stereocenters. The molecule has 1 unspecified atom stereocenters. The number of carbonyl (C=O) groups is 2. The highest BCUT2D eigenvalue weighted by Crippen LogP contribution is 2.37. The van der Waals surface area contributed by atoms with Crippen LogP contribution in [0.5, 0.6) is 0 Å². The van der Waals surface area contributed by atoms with E-state index >= 15 is 0 Å². The molecular weight excluding hydrogens is 423 g/mol. The van der Waals surface area contributed by atoms with Gasteiger partial charge in [-0.25, -0.2) is 13.8 Å². The van der Waals surface area contributed by atoms with Crippen molar-refractivity contribution in [3.05, 3.63) is 23.9 Å². The van der Waals surface area contributed by atoms with E-state index in [0.717, 1.165) is 0 Å². The number of aromatic nitrogens is 1. The molecular formula is C20H27F5N4O2. The standard InChI is InChI=1S/C20H27F5N4O2/c1-2-14(28-16(30)5-9-20(23,24)25)13-6-10-27-15(11-13)29-18(31)17(26)12-3-7-19(21,22)8-4-12/h6,10-12,14,17H,2-5,7-9,26H2,1H3,(H,28,30)(H,27,29,31)/t14?,17-/m0/s1. The van der Waals surface area contributed by atoms with Gasteiger partial charge < -0.3 is 16.4 Å². The first-order valence-electron chi connectivity index (χ1n) is 10.2. The highest BCUT2D eigenvalue weighted by atomic mass is 19.4. The molecule has 31 heavy (non-hydrogen) atoms. The largest absolute Gasteiger partial charge is 0.389 e. The summed E-state index contributed by atoms with van der Waals surface area (Å²) in [7, 11) is 0. The van der Waals surface area contributed by atoms with Gasteiger partial charge in [-0.2, -0.15) is 13.2 Å². The molecule has 2 rings (SSSR count). The van der Waals surface area contributed by atoms with Gasteiger partial charge >= 0.3 is 6.18 Å². The summed E-state index contributed by atoms with van der Waals surface area (Å²) in [4.78, 5) is 28.3. The summed E-state index contributed by atoms with van der Waals surface area (Å²) >= 11 is 0. The zero-order valence-corrected chi connectivity index (χ0v) is 17.1. The molecule has 1 aromatic rings. The Labute approximate surface area is 177 Å². The average Bonchev–Trinajstić information content (AvgIpc) is 2.69. The smallest absolute Gasteiger partial charge is 0.349 e. The van der Waals surface area contributed by atoms with Gasteiger partial charge in [0.05, 0.1) is 18.5 Å². The van der Waals surface area contributed by atoms with Gasteiger partial charge in [-0.1, -0.05) is 6.92 Å². The number of pyridine rings is 1. The van der Waals surface area contributed by atoms with E-state index in [1.54, 1.807) is 13.0 Å². The third-order valence-electron chi connectivity index (χ3n) is 5.39. The molecule has 0 aliphatic heterocycles. The minimum Gasteiger partial charge on any atom is -0.349 e. The summed E-state index contributed by atoms with van der Waals surface area (Å²) in [5.41, 5.74) is 6.51. The fourth-order valence-corrected chi connectivity index (χ4v) is 3.52. The molecule has 1 aliphatic carbocycles. The van der Waals surface area contributed by atoms with E-state index in [4.69, 9.17) is 5.73 Å². The first-order chi connectivity index (χ1) is 14.4. The maximum Gasteiger partial charge on any atom is 0.389 e. The van der Waals surface area contributed by atoms with Crippen molar-refractivity contribution in [2.24, 2.45) is 11.7 Å². The van der Waals surface area contributed by atoms with Crippen LogP contribution in [0.4, 0.5) is 27.8 Å². The van der Waals surface area contributed by atoms with Crippen molar-refractivity contribution in [3.8, 4) is 0 Å². The molecule has 0 radical (unpaired) electrons. The lowest BCUT2D eigenvalue weighted by Gasteiger charge is -2.31. The van der Waals surface area contributed by atoms with Gasteiger partial charge in [0.15, 0.2) is 0 Å². The number of nitrogens with two attached hydrogens (primary N) is 1. The van der Waals surface area contributed by atoms with Crippen molar-refractivity contribution in [2.75, 3.05) is 5.32 Å². The number of nitrogens with one attached hydrogen (secondary N) is 2. The Kier molecular flexibility index (Phi) is 8.33. The third-order valence-corrected chi connectivity index (χ3v) is 5.39. The molecule has 11 heteroatoms. The summed E-state index contributed by atoms with van der Waals surface area (Å²) in [5, 5.41) is 5.10. The molecule has 4 N–H and O–H groups in total.